The standard InChI is InChI=1S/C30H25F6N7O3/c1-18-24(25-39(2)14-15-41(25)22-8-6-19(17-37)7-9-22)43(28(46)42(18)23-5-3-4-20(16-23)29(31,32)33)27(45)38-21-10-12-40(13-11-21)26(44)30(34,35)36/h3-9,14-16,21H,10-13H2,1-2H3/p+1. The summed E-state index contributed by atoms with van der Waals surface area (Å²) in [4.78, 5) is 40.1. The number of alkyl halides is 6. The van der Waals surface area contributed by atoms with Crippen molar-refractivity contribution in [1.82, 2.24) is 23.9 Å². The summed E-state index contributed by atoms with van der Waals surface area (Å²) in [7, 11) is 1.64. The quantitative estimate of drug-likeness (QED) is 0.265. The highest BCUT2D eigenvalue weighted by molar-refractivity contribution is 5.83. The average Bonchev–Trinajstić information content (AvgIpc) is 3.51. The molecule has 0 atom stereocenters. The summed E-state index contributed by atoms with van der Waals surface area (Å²) in [6, 6.07) is 10.8. The number of nitrogens with zero attached hydrogens (tertiary/aromatic N) is 6. The maximum Gasteiger partial charge on any atom is 0.471 e. The minimum Gasteiger partial charge on any atom is -0.335 e. The fourth-order valence-electron chi connectivity index (χ4n) is 5.49. The van der Waals surface area contributed by atoms with Crippen molar-refractivity contribution < 1.29 is 40.5 Å². The van der Waals surface area contributed by atoms with E-state index in [0.717, 1.165) is 27.3 Å². The molecule has 0 radical (unpaired) electrons. The molecule has 1 aliphatic rings. The minimum atomic E-state index is -5.04. The van der Waals surface area contributed by atoms with Gasteiger partial charge in [0.15, 0.2) is 5.69 Å². The number of carbonyl (C=O) groups is 2. The lowest BCUT2D eigenvalue weighted by Gasteiger charge is -2.32. The second-order valence-electron chi connectivity index (χ2n) is 10.7. The molecule has 4 aromatic rings. The van der Waals surface area contributed by atoms with E-state index < -0.39 is 41.6 Å². The van der Waals surface area contributed by atoms with Crippen LogP contribution < -0.4 is 15.6 Å². The molecule has 0 unspecified atom stereocenters. The summed E-state index contributed by atoms with van der Waals surface area (Å²) < 4.78 is 84.5. The summed E-state index contributed by atoms with van der Waals surface area (Å²) in [5.41, 5.74) is -1.07. The number of hydrogen-bond acceptors (Lipinski definition) is 4. The number of halogens is 6. The van der Waals surface area contributed by atoms with Crippen LogP contribution >= 0.6 is 0 Å². The normalized spacial score (nSPS) is 14.3. The molecule has 16 heteroatoms. The highest BCUT2D eigenvalue weighted by Crippen LogP contribution is 2.32. The van der Waals surface area contributed by atoms with Crippen LogP contribution in [0, 0.1) is 18.3 Å². The number of nitriles is 1. The van der Waals surface area contributed by atoms with Gasteiger partial charge in [-0.3, -0.25) is 9.36 Å². The molecule has 5 rings (SSSR count). The van der Waals surface area contributed by atoms with Gasteiger partial charge >= 0.3 is 35.8 Å². The lowest BCUT2D eigenvalue weighted by molar-refractivity contribution is -0.659. The van der Waals surface area contributed by atoms with Gasteiger partial charge in [0.2, 0.25) is 0 Å². The predicted molar refractivity (Wildman–Crippen MR) is 150 cm³/mol. The fourth-order valence-corrected chi connectivity index (χ4v) is 5.49. The Morgan fingerprint density at radius 2 is 1.65 bits per heavy atom. The Labute approximate surface area is 257 Å². The molecule has 2 aromatic heterocycles. The summed E-state index contributed by atoms with van der Waals surface area (Å²) in [6.07, 6.45) is -6.54. The zero-order valence-electron chi connectivity index (χ0n) is 24.4. The second kappa shape index (κ2) is 11.9. The monoisotopic (exact) mass is 646 g/mol. The van der Waals surface area contributed by atoms with Gasteiger partial charge in [-0.25, -0.2) is 18.7 Å². The number of imidazole rings is 2. The third kappa shape index (κ3) is 6.00. The van der Waals surface area contributed by atoms with Crippen LogP contribution in [0.4, 0.5) is 31.1 Å². The molecular weight excluding hydrogens is 620 g/mol. The van der Waals surface area contributed by atoms with E-state index in [4.69, 9.17) is 0 Å². The molecule has 46 heavy (non-hydrogen) atoms. The van der Waals surface area contributed by atoms with Gasteiger partial charge in [0.25, 0.3) is 0 Å². The molecular formula is C30H26F6N7O3+. The van der Waals surface area contributed by atoms with Gasteiger partial charge in [0.05, 0.1) is 35.6 Å². The molecule has 2 aromatic carbocycles. The number of hydrogen-bond donors (Lipinski definition) is 1. The Kier molecular flexibility index (Phi) is 8.28. The van der Waals surface area contributed by atoms with Crippen molar-refractivity contribution in [1.29, 1.82) is 5.26 Å². The number of benzene rings is 2. The van der Waals surface area contributed by atoms with E-state index in [9.17, 15) is 46.0 Å². The van der Waals surface area contributed by atoms with Crippen LogP contribution in [0.3, 0.4) is 0 Å². The van der Waals surface area contributed by atoms with E-state index in [0.29, 0.717) is 16.2 Å². The smallest absolute Gasteiger partial charge is 0.335 e. The molecule has 2 amide bonds. The van der Waals surface area contributed by atoms with E-state index in [-0.39, 0.29) is 48.8 Å². The number of aryl methyl sites for hydroxylation is 1. The van der Waals surface area contributed by atoms with E-state index >= 15 is 0 Å². The van der Waals surface area contributed by atoms with E-state index in [1.54, 1.807) is 52.8 Å². The van der Waals surface area contributed by atoms with E-state index in [1.165, 1.54) is 13.0 Å². The number of aromatic nitrogens is 4. The van der Waals surface area contributed by atoms with Crippen LogP contribution in [-0.4, -0.2) is 55.8 Å². The summed E-state index contributed by atoms with van der Waals surface area (Å²) in [6.45, 7) is 0.899. The minimum absolute atomic E-state index is 0.0274. The van der Waals surface area contributed by atoms with E-state index in [2.05, 4.69) is 5.32 Å². The zero-order valence-corrected chi connectivity index (χ0v) is 24.4. The number of rotatable bonds is 4. The maximum atomic E-state index is 14.0. The first-order valence-corrected chi connectivity index (χ1v) is 13.9. The molecule has 0 aliphatic carbocycles. The Hall–Kier alpha value is -5.33. The molecule has 0 bridgehead atoms. The molecule has 10 nitrogen and oxygen atoms in total. The lowest BCUT2D eigenvalue weighted by Crippen LogP contribution is -2.51. The third-order valence-corrected chi connectivity index (χ3v) is 7.76. The van der Waals surface area contributed by atoms with Crippen molar-refractivity contribution in [3.8, 4) is 29.0 Å². The van der Waals surface area contributed by atoms with Crippen molar-refractivity contribution in [2.24, 2.45) is 7.05 Å². The number of amides is 2. The fraction of sp³-hybridized carbons (Fsp3) is 0.300. The molecule has 1 aliphatic heterocycles. The van der Waals surface area contributed by atoms with Crippen LogP contribution in [0.2, 0.25) is 0 Å². The molecule has 1 saturated heterocycles. The topological polar surface area (TPSA) is 109 Å². The van der Waals surface area contributed by atoms with Gasteiger partial charge in [-0.05, 0) is 62.2 Å². The second-order valence-corrected chi connectivity index (χ2v) is 10.7. The Bertz CT molecular complexity index is 1900. The van der Waals surface area contributed by atoms with Gasteiger partial charge in [0, 0.05) is 19.1 Å². The predicted octanol–water partition coefficient (Wildman–Crippen LogP) is 4.23. The van der Waals surface area contributed by atoms with Crippen molar-refractivity contribution in [2.45, 2.75) is 38.2 Å². The molecule has 3 heterocycles. The van der Waals surface area contributed by atoms with Crippen LogP contribution in [-0.2, 0) is 18.0 Å². The number of nitrogens with one attached hydrogen (secondary N) is 1. The first-order valence-electron chi connectivity index (χ1n) is 13.9. The van der Waals surface area contributed by atoms with Gasteiger partial charge in [-0.15, -0.1) is 0 Å². The number of carbonyl (C=O) groups excluding carboxylic acids is 2. The Morgan fingerprint density at radius 1 is 1.00 bits per heavy atom. The van der Waals surface area contributed by atoms with Crippen molar-refractivity contribution in [3.05, 3.63) is 88.2 Å². The van der Waals surface area contributed by atoms with Gasteiger partial charge in [0.1, 0.15) is 18.1 Å². The highest BCUT2D eigenvalue weighted by Gasteiger charge is 2.43. The van der Waals surface area contributed by atoms with Gasteiger partial charge in [-0.2, -0.15) is 36.2 Å². The van der Waals surface area contributed by atoms with Gasteiger partial charge in [-0.1, -0.05) is 6.07 Å². The average molecular weight is 647 g/mol. The number of piperidine rings is 1. The van der Waals surface area contributed by atoms with Crippen LogP contribution in [0.25, 0.3) is 22.9 Å². The van der Waals surface area contributed by atoms with Crippen molar-refractivity contribution in [3.63, 3.8) is 0 Å². The molecule has 0 saturated carbocycles. The Balaban J connectivity index is 1.61. The van der Waals surface area contributed by atoms with Crippen LogP contribution in [0.5, 0.6) is 0 Å². The first kappa shape index (κ1) is 32.1. The van der Waals surface area contributed by atoms with Crippen LogP contribution in [0.1, 0.15) is 29.7 Å². The Morgan fingerprint density at radius 3 is 2.24 bits per heavy atom. The molecule has 0 spiro atoms. The molecule has 1 N–H and O–H groups in total. The van der Waals surface area contributed by atoms with Crippen molar-refractivity contribution >= 4 is 11.9 Å². The van der Waals surface area contributed by atoms with Crippen molar-refractivity contribution in [2.75, 3.05) is 13.1 Å². The SMILES string of the molecule is Cc1c(-c2n(-c3ccc(C#N)cc3)cc[n+]2C)n(C(=O)NC2CCN(C(=O)C(F)(F)F)CC2)c(=O)n1-c1cccc(C(F)(F)F)c1. The molecule has 240 valence electrons. The van der Waals surface area contributed by atoms with E-state index in [1.807, 2.05) is 6.07 Å². The summed E-state index contributed by atoms with van der Waals surface area (Å²) in [5, 5.41) is 11.9. The molecule has 1 fully saturated rings. The number of likely N-dealkylation sites (tertiary alicyclic amines) is 1. The van der Waals surface area contributed by atoms with Gasteiger partial charge < -0.3 is 10.2 Å². The van der Waals surface area contributed by atoms with Crippen LogP contribution in [0.15, 0.2) is 65.7 Å². The first-order chi connectivity index (χ1) is 21.6. The zero-order chi connectivity index (χ0) is 33.6. The highest BCUT2D eigenvalue weighted by atomic mass is 19.4. The maximum absolute atomic E-state index is 14.0. The largest absolute Gasteiger partial charge is 0.471 e. The lowest BCUT2D eigenvalue weighted by atomic mass is 10.1. The third-order valence-electron chi connectivity index (χ3n) is 7.76. The summed E-state index contributed by atoms with van der Waals surface area (Å²) >= 11 is 0. The summed E-state index contributed by atoms with van der Waals surface area (Å²) in [5.74, 6) is -1.70.